The minimum atomic E-state index is -0.336. The Kier molecular flexibility index (Phi) is 5.67. The Hall–Kier alpha value is -1.02. The number of rotatable bonds is 6. The summed E-state index contributed by atoms with van der Waals surface area (Å²) in [5.74, 6) is 0.712. The van der Waals surface area contributed by atoms with E-state index in [9.17, 15) is 5.11 Å². The van der Waals surface area contributed by atoms with Crippen LogP contribution in [-0.4, -0.2) is 18.2 Å². The Morgan fingerprint density at radius 3 is 2.11 bits per heavy atom. The van der Waals surface area contributed by atoms with Crippen molar-refractivity contribution >= 4 is 5.69 Å². The summed E-state index contributed by atoms with van der Waals surface area (Å²) < 4.78 is 0. The second-order valence-electron chi connectivity index (χ2n) is 5.61. The van der Waals surface area contributed by atoms with E-state index in [0.29, 0.717) is 12.0 Å². The van der Waals surface area contributed by atoms with Crippen molar-refractivity contribution < 1.29 is 5.11 Å². The van der Waals surface area contributed by atoms with E-state index in [1.165, 1.54) is 12.1 Å². The minimum absolute atomic E-state index is 0.336. The van der Waals surface area contributed by atoms with Gasteiger partial charge in [-0.15, -0.1) is 0 Å². The first-order chi connectivity index (χ1) is 8.45. The van der Waals surface area contributed by atoms with Gasteiger partial charge in [0.05, 0.1) is 6.10 Å². The van der Waals surface area contributed by atoms with Gasteiger partial charge < -0.3 is 10.0 Å². The predicted molar refractivity (Wildman–Crippen MR) is 79.0 cm³/mol. The van der Waals surface area contributed by atoms with Gasteiger partial charge in [-0.25, -0.2) is 0 Å². The van der Waals surface area contributed by atoms with Crippen molar-refractivity contribution in [3.05, 3.63) is 29.8 Å². The lowest BCUT2D eigenvalue weighted by Gasteiger charge is -2.28. The van der Waals surface area contributed by atoms with Gasteiger partial charge in [-0.2, -0.15) is 0 Å². The molecule has 2 heteroatoms. The molecular formula is C16H27NO. The average molecular weight is 249 g/mol. The molecule has 102 valence electrons. The van der Waals surface area contributed by atoms with Gasteiger partial charge in [-0.05, 0) is 43.4 Å². The summed E-state index contributed by atoms with van der Waals surface area (Å²) in [5.41, 5.74) is 2.22. The average Bonchev–Trinajstić information content (AvgIpc) is 2.36. The molecule has 0 spiro atoms. The molecule has 0 saturated heterocycles. The van der Waals surface area contributed by atoms with E-state index in [2.05, 4.69) is 44.9 Å². The molecule has 0 radical (unpaired) electrons. The van der Waals surface area contributed by atoms with Crippen molar-refractivity contribution in [3.8, 4) is 0 Å². The van der Waals surface area contributed by atoms with E-state index in [1.807, 2.05) is 19.1 Å². The highest BCUT2D eigenvalue weighted by molar-refractivity contribution is 5.48. The minimum Gasteiger partial charge on any atom is -0.388 e. The van der Waals surface area contributed by atoms with Crippen molar-refractivity contribution in [2.24, 2.45) is 5.92 Å². The quantitative estimate of drug-likeness (QED) is 0.823. The van der Waals surface area contributed by atoms with Gasteiger partial charge in [0, 0.05) is 18.8 Å². The second kappa shape index (κ2) is 6.79. The lowest BCUT2D eigenvalue weighted by molar-refractivity contribution is 0.173. The van der Waals surface area contributed by atoms with Gasteiger partial charge in [0.1, 0.15) is 0 Å². The summed E-state index contributed by atoms with van der Waals surface area (Å²) >= 11 is 0. The fourth-order valence-electron chi connectivity index (χ4n) is 2.26. The van der Waals surface area contributed by atoms with Crippen molar-refractivity contribution in [1.82, 2.24) is 0 Å². The molecule has 1 unspecified atom stereocenters. The first-order valence-electron chi connectivity index (χ1n) is 6.96. The van der Waals surface area contributed by atoms with E-state index < -0.39 is 0 Å². The molecule has 0 aliphatic rings. The summed E-state index contributed by atoms with van der Waals surface area (Å²) in [6.07, 6.45) is 1.62. The highest BCUT2D eigenvalue weighted by Crippen LogP contribution is 2.23. The Morgan fingerprint density at radius 2 is 1.67 bits per heavy atom. The fourth-order valence-corrected chi connectivity index (χ4v) is 2.26. The maximum atomic E-state index is 9.77. The van der Waals surface area contributed by atoms with Crippen LogP contribution in [0.25, 0.3) is 0 Å². The van der Waals surface area contributed by atoms with Crippen molar-refractivity contribution in [2.45, 2.75) is 52.7 Å². The summed E-state index contributed by atoms with van der Waals surface area (Å²) in [6, 6.07) is 8.80. The molecule has 0 amide bonds. The van der Waals surface area contributed by atoms with Crippen LogP contribution in [0.15, 0.2) is 24.3 Å². The van der Waals surface area contributed by atoms with Crippen molar-refractivity contribution in [1.29, 1.82) is 0 Å². The third kappa shape index (κ3) is 4.02. The summed E-state index contributed by atoms with van der Waals surface area (Å²) in [6.45, 7) is 8.76. The van der Waals surface area contributed by atoms with Crippen LogP contribution < -0.4 is 4.90 Å². The standard InChI is InChI=1S/C16H27NO/c1-6-16(18)14-7-9-15(10-8-14)17(5)13(4)11-12(2)3/h7-10,12-13,16,18H,6,11H2,1-5H3/t13?,16-/m0/s1. The highest BCUT2D eigenvalue weighted by atomic mass is 16.3. The number of aliphatic hydroxyl groups excluding tert-OH is 1. The smallest absolute Gasteiger partial charge is 0.0787 e. The molecule has 0 aliphatic carbocycles. The molecule has 1 rings (SSSR count). The van der Waals surface area contributed by atoms with Crippen LogP contribution in [0.1, 0.15) is 52.2 Å². The molecule has 0 saturated carbocycles. The monoisotopic (exact) mass is 249 g/mol. The maximum Gasteiger partial charge on any atom is 0.0787 e. The molecule has 0 heterocycles. The van der Waals surface area contributed by atoms with Crippen LogP contribution in [0, 0.1) is 5.92 Å². The number of hydrogen-bond donors (Lipinski definition) is 1. The normalized spacial score (nSPS) is 14.6. The second-order valence-corrected chi connectivity index (χ2v) is 5.61. The Balaban J connectivity index is 2.72. The van der Waals surface area contributed by atoms with Gasteiger partial charge in [0.15, 0.2) is 0 Å². The molecule has 0 bridgehead atoms. The number of hydrogen-bond acceptors (Lipinski definition) is 2. The van der Waals surface area contributed by atoms with Crippen LogP contribution in [0.4, 0.5) is 5.69 Å². The van der Waals surface area contributed by atoms with Gasteiger partial charge in [-0.3, -0.25) is 0 Å². The van der Waals surface area contributed by atoms with Crippen LogP contribution in [0.5, 0.6) is 0 Å². The van der Waals surface area contributed by atoms with Crippen LogP contribution in [-0.2, 0) is 0 Å². The fraction of sp³-hybridized carbons (Fsp3) is 0.625. The molecule has 1 aromatic rings. The lowest BCUT2D eigenvalue weighted by atomic mass is 10.0. The zero-order valence-corrected chi connectivity index (χ0v) is 12.4. The Labute approximate surface area is 112 Å². The van der Waals surface area contributed by atoms with Crippen LogP contribution >= 0.6 is 0 Å². The summed E-state index contributed by atoms with van der Waals surface area (Å²) in [7, 11) is 2.14. The third-order valence-electron chi connectivity index (χ3n) is 3.55. The van der Waals surface area contributed by atoms with Gasteiger partial charge >= 0.3 is 0 Å². The van der Waals surface area contributed by atoms with Crippen LogP contribution in [0.3, 0.4) is 0 Å². The highest BCUT2D eigenvalue weighted by Gasteiger charge is 2.12. The molecule has 18 heavy (non-hydrogen) atoms. The molecule has 0 aromatic heterocycles. The first kappa shape index (κ1) is 15.0. The van der Waals surface area contributed by atoms with Crippen molar-refractivity contribution in [3.63, 3.8) is 0 Å². The molecule has 1 aromatic carbocycles. The molecule has 0 aliphatic heterocycles. The van der Waals surface area contributed by atoms with Gasteiger partial charge in [0.25, 0.3) is 0 Å². The zero-order chi connectivity index (χ0) is 13.7. The number of benzene rings is 1. The van der Waals surface area contributed by atoms with E-state index >= 15 is 0 Å². The number of aliphatic hydroxyl groups is 1. The Morgan fingerprint density at radius 1 is 1.11 bits per heavy atom. The lowest BCUT2D eigenvalue weighted by Crippen LogP contribution is -2.29. The van der Waals surface area contributed by atoms with Crippen molar-refractivity contribution in [2.75, 3.05) is 11.9 Å². The van der Waals surface area contributed by atoms with Gasteiger partial charge in [-0.1, -0.05) is 32.9 Å². The SMILES string of the molecule is CC[C@H](O)c1ccc(N(C)C(C)CC(C)C)cc1. The van der Waals surface area contributed by atoms with Gasteiger partial charge in [0.2, 0.25) is 0 Å². The largest absolute Gasteiger partial charge is 0.388 e. The van der Waals surface area contributed by atoms with E-state index in [-0.39, 0.29) is 6.10 Å². The first-order valence-corrected chi connectivity index (χ1v) is 6.96. The maximum absolute atomic E-state index is 9.77. The molecular weight excluding hydrogens is 222 g/mol. The molecule has 2 atom stereocenters. The van der Waals surface area contributed by atoms with E-state index in [4.69, 9.17) is 0 Å². The number of anilines is 1. The van der Waals surface area contributed by atoms with E-state index in [0.717, 1.165) is 12.0 Å². The summed E-state index contributed by atoms with van der Waals surface area (Å²) in [5, 5.41) is 9.77. The van der Waals surface area contributed by atoms with E-state index in [1.54, 1.807) is 0 Å². The summed E-state index contributed by atoms with van der Waals surface area (Å²) in [4.78, 5) is 2.31. The Bertz CT molecular complexity index is 345. The predicted octanol–water partition coefficient (Wildman–Crippen LogP) is 4.00. The molecule has 2 nitrogen and oxygen atoms in total. The topological polar surface area (TPSA) is 23.5 Å². The number of nitrogens with zero attached hydrogens (tertiary/aromatic N) is 1. The molecule has 1 N–H and O–H groups in total. The molecule has 0 fully saturated rings. The zero-order valence-electron chi connectivity index (χ0n) is 12.4. The van der Waals surface area contributed by atoms with Crippen LogP contribution in [0.2, 0.25) is 0 Å². The third-order valence-corrected chi connectivity index (χ3v) is 3.55.